The quantitative estimate of drug-likeness (QED) is 0.731. The number of carbonyl (C=O) groups is 2. The fourth-order valence-corrected chi connectivity index (χ4v) is 4.26. The van der Waals surface area contributed by atoms with Crippen LogP contribution in [0.1, 0.15) is 29.8 Å². The zero-order valence-electron chi connectivity index (χ0n) is 17.8. The van der Waals surface area contributed by atoms with E-state index in [1.165, 1.54) is 19.3 Å². The van der Waals surface area contributed by atoms with Crippen LogP contribution in [0.4, 0.5) is 4.39 Å². The summed E-state index contributed by atoms with van der Waals surface area (Å²) in [5.74, 6) is -0.731. The van der Waals surface area contributed by atoms with E-state index < -0.39 is 11.7 Å². The van der Waals surface area contributed by atoms with Gasteiger partial charge in [0.05, 0.1) is 11.9 Å². The Kier molecular flexibility index (Phi) is 5.42. The van der Waals surface area contributed by atoms with E-state index in [4.69, 9.17) is 4.74 Å². The Labute approximate surface area is 185 Å². The van der Waals surface area contributed by atoms with Crippen molar-refractivity contribution >= 4 is 23.7 Å². The molecule has 2 atom stereocenters. The number of hydrogen-bond donors (Lipinski definition) is 1. The van der Waals surface area contributed by atoms with E-state index in [0.29, 0.717) is 30.5 Å². The Morgan fingerprint density at radius 1 is 1.34 bits per heavy atom. The molecule has 1 aromatic heterocycles. The normalized spacial score (nSPS) is 25.1. The van der Waals surface area contributed by atoms with Crippen LogP contribution in [0, 0.1) is 11.7 Å². The largest absolute Gasteiger partial charge is 0.487 e. The molecule has 1 N–H and O–H groups in total. The molecule has 0 spiro atoms. The Hall–Kier alpha value is -3.20. The SMILES string of the molecule is CNC(=O)c1ncc(O[C@@H]2CCN(CC3=CC4=NC(=O)C(C5CC5)=CC4N=C3)C2)cc1F. The molecule has 8 nitrogen and oxygen atoms in total. The van der Waals surface area contributed by atoms with Gasteiger partial charge < -0.3 is 10.1 Å². The predicted octanol–water partition coefficient (Wildman–Crippen LogP) is 1.73. The number of ether oxygens (including phenoxy) is 1. The molecule has 2 amide bonds. The number of fused-ring (bicyclic) bond motifs is 1. The van der Waals surface area contributed by atoms with Crippen LogP contribution in [-0.2, 0) is 4.79 Å². The molecule has 4 heterocycles. The van der Waals surface area contributed by atoms with E-state index in [-0.39, 0.29) is 23.7 Å². The minimum atomic E-state index is -0.712. The number of pyridine rings is 1. The van der Waals surface area contributed by atoms with Gasteiger partial charge in [0.1, 0.15) is 17.9 Å². The third-order valence-corrected chi connectivity index (χ3v) is 6.07. The Bertz CT molecular complexity index is 1090. The summed E-state index contributed by atoms with van der Waals surface area (Å²) in [7, 11) is 1.43. The fourth-order valence-electron chi connectivity index (χ4n) is 4.26. The van der Waals surface area contributed by atoms with Crippen molar-refractivity contribution in [2.75, 3.05) is 26.7 Å². The van der Waals surface area contributed by atoms with Crippen molar-refractivity contribution in [1.82, 2.24) is 15.2 Å². The summed E-state index contributed by atoms with van der Waals surface area (Å²) < 4.78 is 20.0. The average Bonchev–Trinajstić information content (AvgIpc) is 3.53. The molecule has 1 unspecified atom stereocenters. The van der Waals surface area contributed by atoms with Gasteiger partial charge in [-0.1, -0.05) is 0 Å². The molecule has 1 aliphatic carbocycles. The molecule has 5 rings (SSSR count). The van der Waals surface area contributed by atoms with Crippen LogP contribution in [-0.4, -0.2) is 72.5 Å². The van der Waals surface area contributed by atoms with Crippen molar-refractivity contribution in [3.63, 3.8) is 0 Å². The number of hydrogen-bond acceptors (Lipinski definition) is 6. The molecule has 2 fully saturated rings. The van der Waals surface area contributed by atoms with Gasteiger partial charge in [-0.3, -0.25) is 19.5 Å². The highest BCUT2D eigenvalue weighted by molar-refractivity contribution is 6.17. The van der Waals surface area contributed by atoms with Gasteiger partial charge in [-0.2, -0.15) is 0 Å². The van der Waals surface area contributed by atoms with Crippen LogP contribution in [0.3, 0.4) is 0 Å². The molecule has 0 aromatic carbocycles. The number of amides is 2. The van der Waals surface area contributed by atoms with Gasteiger partial charge in [-0.05, 0) is 42.9 Å². The van der Waals surface area contributed by atoms with E-state index in [1.54, 1.807) is 0 Å². The molecular weight excluding hydrogens is 413 g/mol. The van der Waals surface area contributed by atoms with Crippen LogP contribution in [0.25, 0.3) is 0 Å². The fraction of sp³-hybridized carbons (Fsp3) is 0.435. The molecule has 166 valence electrons. The van der Waals surface area contributed by atoms with Gasteiger partial charge in [0.2, 0.25) is 0 Å². The minimum Gasteiger partial charge on any atom is -0.487 e. The molecular formula is C23H24FN5O3. The number of dihydropyridines is 2. The lowest BCUT2D eigenvalue weighted by molar-refractivity contribution is -0.114. The zero-order chi connectivity index (χ0) is 22.2. The third-order valence-electron chi connectivity index (χ3n) is 6.07. The first kappa shape index (κ1) is 20.7. The number of aromatic nitrogens is 1. The molecule has 1 saturated carbocycles. The maximum Gasteiger partial charge on any atom is 0.273 e. The summed E-state index contributed by atoms with van der Waals surface area (Å²) in [6.07, 6.45) is 9.99. The second kappa shape index (κ2) is 8.38. The maximum atomic E-state index is 14.1. The number of likely N-dealkylation sites (tertiary alicyclic amines) is 1. The van der Waals surface area contributed by atoms with E-state index in [9.17, 15) is 14.0 Å². The standard InChI is InChI=1S/C23H24FN5O3/c1-25-23(31)21-18(24)7-16(10-27-21)32-15-4-5-29(12-15)11-13-6-20-19(26-9-13)8-17(14-2-3-14)22(30)28-20/h6-10,14-15,19H,2-5,11-12H2,1H3,(H,25,31)/t15-,19?/m1/s1. The van der Waals surface area contributed by atoms with Crippen LogP contribution >= 0.6 is 0 Å². The Balaban J connectivity index is 1.17. The smallest absolute Gasteiger partial charge is 0.273 e. The van der Waals surface area contributed by atoms with Gasteiger partial charge >= 0.3 is 0 Å². The number of rotatable bonds is 6. The topological polar surface area (TPSA) is 96.2 Å². The molecule has 9 heteroatoms. The average molecular weight is 437 g/mol. The molecule has 4 aliphatic rings. The first-order valence-electron chi connectivity index (χ1n) is 10.8. The van der Waals surface area contributed by atoms with Crippen LogP contribution in [0.15, 0.2) is 45.5 Å². The minimum absolute atomic E-state index is 0.103. The van der Waals surface area contributed by atoms with Crippen molar-refractivity contribution in [3.8, 4) is 5.75 Å². The summed E-state index contributed by atoms with van der Waals surface area (Å²) in [5, 5.41) is 2.35. The molecule has 32 heavy (non-hydrogen) atoms. The lowest BCUT2D eigenvalue weighted by Crippen LogP contribution is -2.31. The first-order chi connectivity index (χ1) is 15.5. The number of nitrogens with one attached hydrogen (secondary N) is 1. The molecule has 1 saturated heterocycles. The molecule has 0 bridgehead atoms. The highest BCUT2D eigenvalue weighted by atomic mass is 19.1. The summed E-state index contributed by atoms with van der Waals surface area (Å²) in [6.45, 7) is 2.16. The molecule has 0 radical (unpaired) electrons. The highest BCUT2D eigenvalue weighted by Gasteiger charge is 2.35. The van der Waals surface area contributed by atoms with E-state index in [2.05, 4.69) is 25.2 Å². The van der Waals surface area contributed by atoms with Crippen molar-refractivity contribution in [3.05, 3.63) is 47.1 Å². The van der Waals surface area contributed by atoms with Gasteiger partial charge in [0, 0.05) is 44.5 Å². The van der Waals surface area contributed by atoms with Crippen molar-refractivity contribution in [1.29, 1.82) is 0 Å². The van der Waals surface area contributed by atoms with Crippen molar-refractivity contribution in [2.45, 2.75) is 31.4 Å². The lowest BCUT2D eigenvalue weighted by atomic mass is 9.97. The predicted molar refractivity (Wildman–Crippen MR) is 117 cm³/mol. The highest BCUT2D eigenvalue weighted by Crippen LogP contribution is 2.39. The van der Waals surface area contributed by atoms with Gasteiger partial charge in [0.15, 0.2) is 11.5 Å². The lowest BCUT2D eigenvalue weighted by Gasteiger charge is -2.22. The second-order valence-electron chi connectivity index (χ2n) is 8.52. The number of halogens is 1. The summed E-state index contributed by atoms with van der Waals surface area (Å²) >= 11 is 0. The number of nitrogens with zero attached hydrogens (tertiary/aromatic N) is 4. The number of carbonyl (C=O) groups excluding carboxylic acids is 2. The number of aliphatic imine (C=N–C) groups is 2. The van der Waals surface area contributed by atoms with Gasteiger partial charge in [-0.25, -0.2) is 14.4 Å². The van der Waals surface area contributed by atoms with Crippen LogP contribution < -0.4 is 10.1 Å². The monoisotopic (exact) mass is 437 g/mol. The summed E-state index contributed by atoms with van der Waals surface area (Å²) in [4.78, 5) is 38.8. The van der Waals surface area contributed by atoms with Crippen molar-refractivity contribution < 1.29 is 18.7 Å². The maximum absolute atomic E-state index is 14.1. The summed E-state index contributed by atoms with van der Waals surface area (Å²) in [6, 6.07) is 1.04. The van der Waals surface area contributed by atoms with Crippen LogP contribution in [0.2, 0.25) is 0 Å². The van der Waals surface area contributed by atoms with E-state index in [1.807, 2.05) is 18.4 Å². The van der Waals surface area contributed by atoms with Crippen molar-refractivity contribution in [2.24, 2.45) is 15.9 Å². The Morgan fingerprint density at radius 3 is 2.94 bits per heavy atom. The van der Waals surface area contributed by atoms with E-state index >= 15 is 0 Å². The van der Waals surface area contributed by atoms with E-state index in [0.717, 1.165) is 37.0 Å². The second-order valence-corrected chi connectivity index (χ2v) is 8.52. The van der Waals surface area contributed by atoms with Crippen LogP contribution in [0.5, 0.6) is 5.75 Å². The zero-order valence-corrected chi connectivity index (χ0v) is 17.8. The first-order valence-corrected chi connectivity index (χ1v) is 10.8. The third kappa shape index (κ3) is 4.25. The summed E-state index contributed by atoms with van der Waals surface area (Å²) in [5.41, 5.74) is 2.28. The van der Waals surface area contributed by atoms with Gasteiger partial charge in [-0.15, -0.1) is 0 Å². The molecule has 3 aliphatic heterocycles. The Morgan fingerprint density at radius 2 is 2.19 bits per heavy atom. The van der Waals surface area contributed by atoms with Gasteiger partial charge in [0.25, 0.3) is 11.8 Å². The molecule has 1 aromatic rings.